The van der Waals surface area contributed by atoms with Gasteiger partial charge >= 0.3 is 0 Å². The number of carbonyl (C=O) groups is 1. The van der Waals surface area contributed by atoms with Crippen molar-refractivity contribution in [2.75, 3.05) is 44.3 Å². The summed E-state index contributed by atoms with van der Waals surface area (Å²) in [5.41, 5.74) is 4.02. The largest absolute Gasteiger partial charge is 0.379 e. The molecule has 2 aromatic carbocycles. The molecule has 0 unspecified atom stereocenters. The Morgan fingerprint density at radius 1 is 1.23 bits per heavy atom. The molecule has 0 bridgehead atoms. The normalized spacial score (nSPS) is 14.9. The van der Waals surface area contributed by atoms with E-state index in [0.29, 0.717) is 12.1 Å². The van der Waals surface area contributed by atoms with Crippen LogP contribution < -0.4 is 4.90 Å². The van der Waals surface area contributed by atoms with Gasteiger partial charge < -0.3 is 4.74 Å². The summed E-state index contributed by atoms with van der Waals surface area (Å²) in [5.74, 6) is -0.00768. The van der Waals surface area contributed by atoms with Gasteiger partial charge in [-0.3, -0.25) is 14.6 Å². The van der Waals surface area contributed by atoms with Gasteiger partial charge in [-0.15, -0.1) is 0 Å². The first-order valence-electron chi connectivity index (χ1n) is 10.3. The molecular weight excluding hydrogens is 462 g/mol. The van der Waals surface area contributed by atoms with Crippen LogP contribution in [0.2, 0.25) is 0 Å². The van der Waals surface area contributed by atoms with E-state index in [1.165, 1.54) is 5.56 Å². The Kier molecular flexibility index (Phi) is 6.83. The van der Waals surface area contributed by atoms with E-state index in [1.807, 2.05) is 29.2 Å². The predicted octanol–water partition coefficient (Wildman–Crippen LogP) is 5.04. The highest BCUT2D eigenvalue weighted by Crippen LogP contribution is 2.32. The van der Waals surface area contributed by atoms with Crippen LogP contribution >= 0.6 is 27.3 Å². The number of hydrogen-bond acceptors (Lipinski definition) is 5. The average molecular weight is 488 g/mol. The molecule has 2 heterocycles. The molecule has 7 heteroatoms. The number of nitrogens with zero attached hydrogens (tertiary/aromatic N) is 3. The van der Waals surface area contributed by atoms with E-state index in [9.17, 15) is 4.79 Å². The van der Waals surface area contributed by atoms with Gasteiger partial charge in [0.1, 0.15) is 0 Å². The molecule has 1 aliphatic rings. The first-order chi connectivity index (χ1) is 14.5. The fraction of sp³-hybridized carbons (Fsp3) is 0.391. The number of thiazole rings is 1. The van der Waals surface area contributed by atoms with Crippen molar-refractivity contribution in [1.82, 2.24) is 9.88 Å². The Morgan fingerprint density at radius 2 is 2.03 bits per heavy atom. The van der Waals surface area contributed by atoms with Gasteiger partial charge in [0.15, 0.2) is 5.13 Å². The Balaban J connectivity index is 1.60. The number of aryl methyl sites for hydroxylation is 2. The summed E-state index contributed by atoms with van der Waals surface area (Å²) in [7, 11) is 0. The van der Waals surface area contributed by atoms with Crippen molar-refractivity contribution < 1.29 is 9.53 Å². The van der Waals surface area contributed by atoms with Crippen LogP contribution in [0.15, 0.2) is 40.9 Å². The quantitative estimate of drug-likeness (QED) is 0.488. The Bertz CT molecular complexity index is 1050. The van der Waals surface area contributed by atoms with Gasteiger partial charge in [0.25, 0.3) is 5.91 Å². The van der Waals surface area contributed by atoms with Crippen LogP contribution in [0.1, 0.15) is 27.9 Å². The van der Waals surface area contributed by atoms with E-state index in [0.717, 1.165) is 64.7 Å². The van der Waals surface area contributed by atoms with E-state index < -0.39 is 0 Å². The molecule has 158 valence electrons. The number of hydrogen-bond donors (Lipinski definition) is 0. The van der Waals surface area contributed by atoms with Gasteiger partial charge in [0, 0.05) is 36.2 Å². The van der Waals surface area contributed by atoms with Crippen molar-refractivity contribution in [2.45, 2.75) is 20.3 Å². The zero-order chi connectivity index (χ0) is 21.1. The number of benzene rings is 2. The lowest BCUT2D eigenvalue weighted by Crippen LogP contribution is -2.39. The van der Waals surface area contributed by atoms with Gasteiger partial charge in [0.05, 0.1) is 23.4 Å². The third-order valence-electron chi connectivity index (χ3n) is 5.33. The Hall–Kier alpha value is -1.80. The maximum Gasteiger partial charge on any atom is 0.260 e. The highest BCUT2D eigenvalue weighted by atomic mass is 79.9. The fourth-order valence-electron chi connectivity index (χ4n) is 3.81. The number of ether oxygens (including phenoxy) is 1. The summed E-state index contributed by atoms with van der Waals surface area (Å²) in [6.07, 6.45) is 0.897. The minimum Gasteiger partial charge on any atom is -0.379 e. The van der Waals surface area contributed by atoms with Crippen LogP contribution in [0.4, 0.5) is 5.13 Å². The molecule has 1 saturated heterocycles. The highest BCUT2D eigenvalue weighted by Gasteiger charge is 2.22. The van der Waals surface area contributed by atoms with Crippen molar-refractivity contribution in [1.29, 1.82) is 0 Å². The summed E-state index contributed by atoms with van der Waals surface area (Å²) < 4.78 is 7.47. The molecule has 1 aliphatic heterocycles. The Morgan fingerprint density at radius 3 is 2.80 bits per heavy atom. The number of halogens is 1. The SMILES string of the molecule is Cc1cc(C)c2nc(N(CCCN3CCOCC3)C(=O)c3cccc(Br)c3)sc2c1. The molecule has 0 atom stereocenters. The molecule has 0 spiro atoms. The van der Waals surface area contributed by atoms with Crippen LogP contribution in [0.25, 0.3) is 10.2 Å². The van der Waals surface area contributed by atoms with E-state index in [-0.39, 0.29) is 5.91 Å². The number of fused-ring (bicyclic) bond motifs is 1. The minimum atomic E-state index is -0.00768. The molecule has 4 rings (SSSR count). The number of aromatic nitrogens is 1. The summed E-state index contributed by atoms with van der Waals surface area (Å²) in [4.78, 5) is 22.6. The van der Waals surface area contributed by atoms with Crippen LogP contribution in [-0.2, 0) is 4.74 Å². The smallest absolute Gasteiger partial charge is 0.260 e. The van der Waals surface area contributed by atoms with E-state index in [1.54, 1.807) is 11.3 Å². The first kappa shape index (κ1) is 21.4. The number of morpholine rings is 1. The molecule has 5 nitrogen and oxygen atoms in total. The molecule has 0 N–H and O–H groups in total. The fourth-order valence-corrected chi connectivity index (χ4v) is 5.38. The van der Waals surface area contributed by atoms with Gasteiger partial charge in [-0.05, 0) is 55.7 Å². The zero-order valence-electron chi connectivity index (χ0n) is 17.4. The standard InChI is InChI=1S/C23H26BrN3O2S/c1-16-13-17(2)21-20(14-16)30-23(25-21)27(8-4-7-26-9-11-29-12-10-26)22(28)18-5-3-6-19(24)15-18/h3,5-6,13-15H,4,7-12H2,1-2H3. The van der Waals surface area contributed by atoms with Crippen LogP contribution in [0.5, 0.6) is 0 Å². The van der Waals surface area contributed by atoms with Crippen LogP contribution in [-0.4, -0.2) is 55.2 Å². The van der Waals surface area contributed by atoms with Gasteiger partial charge in [-0.2, -0.15) is 0 Å². The van der Waals surface area contributed by atoms with Crippen molar-refractivity contribution in [3.05, 3.63) is 57.6 Å². The number of carbonyl (C=O) groups excluding carboxylic acids is 1. The first-order valence-corrected chi connectivity index (χ1v) is 11.9. The van der Waals surface area contributed by atoms with E-state index >= 15 is 0 Å². The van der Waals surface area contributed by atoms with Gasteiger partial charge in [0.2, 0.25) is 0 Å². The second-order valence-electron chi connectivity index (χ2n) is 7.70. The molecule has 1 aromatic heterocycles. The molecule has 1 amide bonds. The summed E-state index contributed by atoms with van der Waals surface area (Å²) in [6.45, 7) is 9.26. The van der Waals surface area contributed by atoms with Crippen LogP contribution in [0, 0.1) is 13.8 Å². The molecule has 1 fully saturated rings. The van der Waals surface area contributed by atoms with Gasteiger partial charge in [-0.1, -0.05) is 39.4 Å². The Labute approximate surface area is 189 Å². The molecule has 30 heavy (non-hydrogen) atoms. The maximum absolute atomic E-state index is 13.4. The molecule has 0 radical (unpaired) electrons. The maximum atomic E-state index is 13.4. The zero-order valence-corrected chi connectivity index (χ0v) is 19.8. The monoisotopic (exact) mass is 487 g/mol. The second kappa shape index (κ2) is 9.56. The third kappa shape index (κ3) is 4.91. The highest BCUT2D eigenvalue weighted by molar-refractivity contribution is 9.10. The van der Waals surface area contributed by atoms with E-state index in [2.05, 4.69) is 46.8 Å². The molecule has 0 saturated carbocycles. The van der Waals surface area contributed by atoms with Gasteiger partial charge in [-0.25, -0.2) is 4.98 Å². The summed E-state index contributed by atoms with van der Waals surface area (Å²) >= 11 is 5.08. The van der Waals surface area contributed by atoms with Crippen molar-refractivity contribution >= 4 is 48.5 Å². The average Bonchev–Trinajstić information content (AvgIpc) is 3.15. The summed E-state index contributed by atoms with van der Waals surface area (Å²) in [6, 6.07) is 11.9. The lowest BCUT2D eigenvalue weighted by atomic mass is 10.1. The number of rotatable bonds is 6. The topological polar surface area (TPSA) is 45.7 Å². The van der Waals surface area contributed by atoms with Crippen molar-refractivity contribution in [3.63, 3.8) is 0 Å². The predicted molar refractivity (Wildman–Crippen MR) is 127 cm³/mol. The number of amides is 1. The number of anilines is 1. The third-order valence-corrected chi connectivity index (χ3v) is 6.84. The summed E-state index contributed by atoms with van der Waals surface area (Å²) in [5, 5.41) is 0.769. The minimum absolute atomic E-state index is 0.00768. The molecule has 0 aliphatic carbocycles. The lowest BCUT2D eigenvalue weighted by molar-refractivity contribution is 0.0376. The molecular formula is C23H26BrN3O2S. The molecule has 3 aromatic rings. The lowest BCUT2D eigenvalue weighted by Gasteiger charge is -2.27. The van der Waals surface area contributed by atoms with Crippen LogP contribution in [0.3, 0.4) is 0 Å². The second-order valence-corrected chi connectivity index (χ2v) is 9.62. The van der Waals surface area contributed by atoms with Crippen molar-refractivity contribution in [3.8, 4) is 0 Å². The van der Waals surface area contributed by atoms with Crippen molar-refractivity contribution in [2.24, 2.45) is 0 Å². The van der Waals surface area contributed by atoms with E-state index in [4.69, 9.17) is 9.72 Å².